The number of fused-ring (bicyclic) bond motifs is 1. The van der Waals surface area contributed by atoms with E-state index in [0.29, 0.717) is 5.69 Å². The lowest BCUT2D eigenvalue weighted by atomic mass is 10.2. The van der Waals surface area contributed by atoms with Gasteiger partial charge >= 0.3 is 5.97 Å². The Morgan fingerprint density at radius 3 is 2.74 bits per heavy atom. The van der Waals surface area contributed by atoms with Crippen LogP contribution in [0.15, 0.2) is 23.1 Å². The third kappa shape index (κ3) is 2.83. The summed E-state index contributed by atoms with van der Waals surface area (Å²) < 4.78 is 22.4. The average molecular weight is 285 g/mol. The van der Waals surface area contributed by atoms with Crippen LogP contribution in [0.4, 0.5) is 11.4 Å². The van der Waals surface area contributed by atoms with Gasteiger partial charge in [0.2, 0.25) is 15.9 Å². The fourth-order valence-electron chi connectivity index (χ4n) is 1.82. The van der Waals surface area contributed by atoms with Crippen LogP contribution >= 0.6 is 0 Å². The van der Waals surface area contributed by atoms with Crippen LogP contribution in [0, 0.1) is 0 Å². The molecule has 19 heavy (non-hydrogen) atoms. The van der Waals surface area contributed by atoms with Gasteiger partial charge in [-0.05, 0) is 18.2 Å². The van der Waals surface area contributed by atoms with Gasteiger partial charge in [-0.2, -0.15) is 0 Å². The van der Waals surface area contributed by atoms with Crippen molar-refractivity contribution < 1.29 is 23.1 Å². The molecule has 0 saturated carbocycles. The Kier molecular flexibility index (Phi) is 3.16. The third-order valence-corrected chi connectivity index (χ3v) is 3.48. The number of rotatable bonds is 3. The summed E-state index contributed by atoms with van der Waals surface area (Å²) in [4.78, 5) is 23.4. The summed E-state index contributed by atoms with van der Waals surface area (Å²) >= 11 is 0. The topological polar surface area (TPSA) is 130 Å². The van der Waals surface area contributed by atoms with Crippen molar-refractivity contribution in [2.24, 2.45) is 5.14 Å². The zero-order valence-corrected chi connectivity index (χ0v) is 10.5. The highest BCUT2D eigenvalue weighted by molar-refractivity contribution is 7.89. The van der Waals surface area contributed by atoms with E-state index in [0.717, 1.165) is 0 Å². The highest BCUT2D eigenvalue weighted by atomic mass is 32.2. The van der Waals surface area contributed by atoms with Gasteiger partial charge in [0.05, 0.1) is 22.8 Å². The molecule has 102 valence electrons. The number of carboxylic acid groups (broad SMARTS) is 1. The van der Waals surface area contributed by atoms with E-state index in [1.807, 2.05) is 0 Å². The molecule has 0 bridgehead atoms. The summed E-state index contributed by atoms with van der Waals surface area (Å²) in [5.41, 5.74) is 0.665. The lowest BCUT2D eigenvalue weighted by Crippen LogP contribution is -2.41. The molecule has 0 spiro atoms. The van der Waals surface area contributed by atoms with Gasteiger partial charge in [0, 0.05) is 0 Å². The van der Waals surface area contributed by atoms with Crippen LogP contribution in [0.25, 0.3) is 0 Å². The van der Waals surface area contributed by atoms with Crippen molar-refractivity contribution in [3.8, 4) is 0 Å². The monoisotopic (exact) mass is 285 g/mol. The number of sulfonamides is 1. The van der Waals surface area contributed by atoms with Gasteiger partial charge in [0.1, 0.15) is 6.54 Å². The number of carbonyl (C=O) groups is 2. The Morgan fingerprint density at radius 1 is 1.47 bits per heavy atom. The summed E-state index contributed by atoms with van der Waals surface area (Å²) in [6, 6.07) is 3.88. The van der Waals surface area contributed by atoms with Crippen LogP contribution in [0.1, 0.15) is 0 Å². The molecule has 0 atom stereocenters. The van der Waals surface area contributed by atoms with Crippen molar-refractivity contribution in [1.82, 2.24) is 0 Å². The lowest BCUT2D eigenvalue weighted by molar-refractivity contribution is -0.135. The maximum absolute atomic E-state index is 11.5. The molecule has 8 nitrogen and oxygen atoms in total. The number of primary sulfonamides is 1. The number of anilines is 2. The number of carboxylic acids is 1. The van der Waals surface area contributed by atoms with E-state index in [-0.39, 0.29) is 23.7 Å². The molecule has 1 aromatic rings. The van der Waals surface area contributed by atoms with Crippen LogP contribution in [0.3, 0.4) is 0 Å². The van der Waals surface area contributed by atoms with Crippen molar-refractivity contribution in [1.29, 1.82) is 0 Å². The molecule has 0 saturated heterocycles. The maximum atomic E-state index is 11.5. The summed E-state index contributed by atoms with van der Waals surface area (Å²) in [5, 5.41) is 16.2. The lowest BCUT2D eigenvalue weighted by Gasteiger charge is -2.29. The Morgan fingerprint density at radius 2 is 2.16 bits per heavy atom. The van der Waals surface area contributed by atoms with Gasteiger partial charge in [-0.15, -0.1) is 0 Å². The standard InChI is InChI=1S/C10H11N3O5S/c11-19(17,18)6-1-2-8-7(3-6)12-9(14)4-13(8)5-10(15)16/h1-3H,4-5H2,(H,12,14)(H,15,16)(H2,11,17,18). The van der Waals surface area contributed by atoms with Crippen molar-refractivity contribution >= 4 is 33.3 Å². The predicted molar refractivity (Wildman–Crippen MR) is 66.3 cm³/mol. The van der Waals surface area contributed by atoms with Crippen LogP contribution in [-0.2, 0) is 19.6 Å². The number of amides is 1. The SMILES string of the molecule is NS(=O)(=O)c1ccc2c(c1)NC(=O)CN2CC(=O)O. The van der Waals surface area contributed by atoms with E-state index in [4.69, 9.17) is 10.2 Å². The first-order chi connectivity index (χ1) is 8.77. The van der Waals surface area contributed by atoms with Gasteiger partial charge in [0.15, 0.2) is 0 Å². The molecule has 0 aliphatic carbocycles. The van der Waals surface area contributed by atoms with Gasteiger partial charge < -0.3 is 15.3 Å². The van der Waals surface area contributed by atoms with E-state index in [1.54, 1.807) is 0 Å². The molecule has 1 aromatic carbocycles. The molecule has 0 unspecified atom stereocenters. The minimum absolute atomic E-state index is 0.103. The Hall–Kier alpha value is -2.13. The minimum Gasteiger partial charge on any atom is -0.480 e. The van der Waals surface area contributed by atoms with E-state index in [2.05, 4.69) is 5.32 Å². The summed E-state index contributed by atoms with van der Waals surface area (Å²) in [5.74, 6) is -1.50. The Bertz CT molecular complexity index is 655. The van der Waals surface area contributed by atoms with E-state index >= 15 is 0 Å². The van der Waals surface area contributed by atoms with Crippen molar-refractivity contribution in [3.05, 3.63) is 18.2 Å². The van der Waals surface area contributed by atoms with Gasteiger partial charge in [-0.1, -0.05) is 0 Å². The second kappa shape index (κ2) is 4.52. The Balaban J connectivity index is 2.47. The zero-order valence-electron chi connectivity index (χ0n) is 9.66. The Labute approximate surface area is 108 Å². The molecule has 0 fully saturated rings. The van der Waals surface area contributed by atoms with E-state index < -0.39 is 21.9 Å². The van der Waals surface area contributed by atoms with Crippen LogP contribution < -0.4 is 15.4 Å². The number of aliphatic carboxylic acids is 1. The van der Waals surface area contributed by atoms with E-state index in [9.17, 15) is 18.0 Å². The van der Waals surface area contributed by atoms with Crippen molar-refractivity contribution in [3.63, 3.8) is 0 Å². The van der Waals surface area contributed by atoms with Gasteiger partial charge in [-0.3, -0.25) is 9.59 Å². The maximum Gasteiger partial charge on any atom is 0.323 e. The molecule has 0 radical (unpaired) electrons. The van der Waals surface area contributed by atoms with Gasteiger partial charge in [0.25, 0.3) is 0 Å². The molecule has 9 heteroatoms. The molecule has 1 heterocycles. The normalized spacial score (nSPS) is 14.8. The summed E-state index contributed by atoms with van der Waals surface area (Å²) in [7, 11) is -3.88. The molecule has 1 aliphatic heterocycles. The predicted octanol–water partition coefficient (Wildman–Crippen LogP) is -0.823. The molecular formula is C10H11N3O5S. The molecule has 1 aliphatic rings. The minimum atomic E-state index is -3.88. The summed E-state index contributed by atoms with van der Waals surface area (Å²) in [6.45, 7) is -0.455. The zero-order chi connectivity index (χ0) is 14.2. The number of benzene rings is 1. The largest absolute Gasteiger partial charge is 0.480 e. The fourth-order valence-corrected chi connectivity index (χ4v) is 2.36. The van der Waals surface area contributed by atoms with Crippen molar-refractivity contribution in [2.75, 3.05) is 23.3 Å². The molecule has 0 aromatic heterocycles. The molecule has 1 amide bonds. The quantitative estimate of drug-likeness (QED) is 0.665. The number of carbonyl (C=O) groups excluding carboxylic acids is 1. The average Bonchev–Trinajstić information content (AvgIpc) is 2.25. The number of hydrogen-bond donors (Lipinski definition) is 3. The second-order valence-corrected chi connectivity index (χ2v) is 5.58. The summed E-state index contributed by atoms with van der Waals surface area (Å²) in [6.07, 6.45) is 0. The van der Waals surface area contributed by atoms with Crippen LogP contribution in [-0.4, -0.2) is 38.5 Å². The first-order valence-electron chi connectivity index (χ1n) is 5.21. The molecule has 4 N–H and O–H groups in total. The highest BCUT2D eigenvalue weighted by Gasteiger charge is 2.24. The second-order valence-electron chi connectivity index (χ2n) is 4.02. The number of nitrogens with two attached hydrogens (primary N) is 1. The molecular weight excluding hydrogens is 274 g/mol. The van der Waals surface area contributed by atoms with Crippen molar-refractivity contribution in [2.45, 2.75) is 4.90 Å². The third-order valence-electron chi connectivity index (χ3n) is 2.57. The number of nitrogens with one attached hydrogen (secondary N) is 1. The first kappa shape index (κ1) is 13.3. The number of hydrogen-bond acceptors (Lipinski definition) is 5. The smallest absolute Gasteiger partial charge is 0.323 e. The van der Waals surface area contributed by atoms with E-state index in [1.165, 1.54) is 23.1 Å². The molecule has 2 rings (SSSR count). The van der Waals surface area contributed by atoms with Gasteiger partial charge in [-0.25, -0.2) is 13.6 Å². The number of nitrogens with zero attached hydrogens (tertiary/aromatic N) is 1. The first-order valence-corrected chi connectivity index (χ1v) is 6.75. The van der Waals surface area contributed by atoms with Crippen LogP contribution in [0.2, 0.25) is 0 Å². The fraction of sp³-hybridized carbons (Fsp3) is 0.200. The van der Waals surface area contributed by atoms with Crippen LogP contribution in [0.5, 0.6) is 0 Å². The highest BCUT2D eigenvalue weighted by Crippen LogP contribution is 2.31.